The Balaban J connectivity index is 0.000000325. The van der Waals surface area contributed by atoms with Crippen LogP contribution in [-0.4, -0.2) is 71.9 Å². The monoisotopic (exact) mass is 469 g/mol. The highest BCUT2D eigenvalue weighted by Crippen LogP contribution is 2.47. The van der Waals surface area contributed by atoms with E-state index in [1.807, 2.05) is 12.4 Å². The molecule has 1 aromatic rings. The van der Waals surface area contributed by atoms with E-state index in [9.17, 15) is 18.0 Å². The van der Waals surface area contributed by atoms with Gasteiger partial charge >= 0.3 is 18.1 Å². The van der Waals surface area contributed by atoms with Crippen molar-refractivity contribution in [2.45, 2.75) is 57.2 Å². The van der Waals surface area contributed by atoms with Crippen molar-refractivity contribution in [3.63, 3.8) is 0 Å². The van der Waals surface area contributed by atoms with Crippen molar-refractivity contribution >= 4 is 17.6 Å². The number of aliphatic carboxylic acids is 1. The Morgan fingerprint density at radius 3 is 2.30 bits per heavy atom. The molecule has 7 nitrogen and oxygen atoms in total. The molecule has 1 aliphatic carbocycles. The van der Waals surface area contributed by atoms with Crippen LogP contribution in [0.4, 0.5) is 18.9 Å². The maximum Gasteiger partial charge on any atom is 0.490 e. The standard InChI is InChI=1S/C21H29N3O2.C2HF3O2/c25-19-21(7-2-1-3-8-21)12-18(26-19)6-11-23-13-20(14-23)15-24(16-20)17-4-9-22-10-5-17;3-2(4,5)1(6)7/h4-5,9-10,18H,1-3,6-8,11-16H2;(H,6,7)/t18-;/m1./s1. The summed E-state index contributed by atoms with van der Waals surface area (Å²) in [6.45, 7) is 5.79. The number of aromatic nitrogens is 1. The van der Waals surface area contributed by atoms with Crippen molar-refractivity contribution in [3.8, 4) is 0 Å². The van der Waals surface area contributed by atoms with E-state index in [-0.39, 0.29) is 17.5 Å². The Morgan fingerprint density at radius 2 is 1.73 bits per heavy atom. The number of hydrogen-bond acceptors (Lipinski definition) is 6. The molecule has 1 saturated carbocycles. The van der Waals surface area contributed by atoms with Gasteiger partial charge in [0.1, 0.15) is 6.10 Å². The lowest BCUT2D eigenvalue weighted by Crippen LogP contribution is -2.72. The lowest BCUT2D eigenvalue weighted by Gasteiger charge is -2.61. The van der Waals surface area contributed by atoms with Crippen molar-refractivity contribution in [3.05, 3.63) is 24.5 Å². The minimum atomic E-state index is -5.08. The lowest BCUT2D eigenvalue weighted by molar-refractivity contribution is -0.192. The summed E-state index contributed by atoms with van der Waals surface area (Å²) < 4.78 is 37.5. The van der Waals surface area contributed by atoms with Gasteiger partial charge in [-0.1, -0.05) is 19.3 Å². The number of alkyl halides is 3. The van der Waals surface area contributed by atoms with E-state index in [1.54, 1.807) is 0 Å². The van der Waals surface area contributed by atoms with Crippen molar-refractivity contribution < 1.29 is 32.6 Å². The zero-order chi connectivity index (χ0) is 23.7. The first-order chi connectivity index (χ1) is 15.6. The largest absolute Gasteiger partial charge is 0.490 e. The van der Waals surface area contributed by atoms with Gasteiger partial charge in [0, 0.05) is 62.6 Å². The zero-order valence-electron chi connectivity index (χ0n) is 18.5. The summed E-state index contributed by atoms with van der Waals surface area (Å²) in [6.07, 6.45) is 6.59. The second kappa shape index (κ2) is 9.12. The summed E-state index contributed by atoms with van der Waals surface area (Å²) in [5.74, 6) is -2.65. The predicted octanol–water partition coefficient (Wildman–Crippen LogP) is 3.49. The summed E-state index contributed by atoms with van der Waals surface area (Å²) in [4.78, 5) is 30.4. The van der Waals surface area contributed by atoms with Gasteiger partial charge in [-0.05, 0) is 31.4 Å². The van der Waals surface area contributed by atoms with Crippen molar-refractivity contribution in [2.75, 3.05) is 37.6 Å². The zero-order valence-corrected chi connectivity index (χ0v) is 18.5. The van der Waals surface area contributed by atoms with Gasteiger partial charge in [-0.2, -0.15) is 13.2 Å². The molecule has 1 aromatic heterocycles. The molecular formula is C23H30F3N3O4. The number of carbonyl (C=O) groups is 2. The molecule has 5 rings (SSSR count). The van der Waals surface area contributed by atoms with Crippen LogP contribution in [0.15, 0.2) is 24.5 Å². The maximum atomic E-state index is 12.4. The Kier molecular flexibility index (Phi) is 6.57. The summed E-state index contributed by atoms with van der Waals surface area (Å²) in [5, 5.41) is 7.12. The molecule has 0 bridgehead atoms. The molecule has 10 heteroatoms. The molecule has 1 atom stereocenters. The molecule has 0 amide bonds. The van der Waals surface area contributed by atoms with E-state index in [0.717, 1.165) is 45.3 Å². The fourth-order valence-corrected chi connectivity index (χ4v) is 5.72. The molecule has 0 unspecified atom stereocenters. The molecule has 182 valence electrons. The molecule has 3 saturated heterocycles. The van der Waals surface area contributed by atoms with E-state index in [2.05, 4.69) is 26.9 Å². The first-order valence-corrected chi connectivity index (χ1v) is 11.5. The van der Waals surface area contributed by atoms with Crippen LogP contribution in [0.2, 0.25) is 0 Å². The van der Waals surface area contributed by atoms with Crippen LogP contribution in [0.25, 0.3) is 0 Å². The fraction of sp³-hybridized carbons (Fsp3) is 0.696. The lowest BCUT2D eigenvalue weighted by atomic mass is 9.71. The van der Waals surface area contributed by atoms with Gasteiger partial charge in [-0.25, -0.2) is 4.79 Å². The highest BCUT2D eigenvalue weighted by atomic mass is 19.4. The number of halogens is 3. The van der Waals surface area contributed by atoms with E-state index in [0.29, 0.717) is 5.41 Å². The van der Waals surface area contributed by atoms with Crippen molar-refractivity contribution in [1.29, 1.82) is 0 Å². The predicted molar refractivity (Wildman–Crippen MR) is 114 cm³/mol. The van der Waals surface area contributed by atoms with Crippen LogP contribution in [0.1, 0.15) is 44.9 Å². The molecule has 3 aliphatic heterocycles. The maximum absolute atomic E-state index is 12.4. The quantitative estimate of drug-likeness (QED) is 0.676. The number of pyridine rings is 1. The first-order valence-electron chi connectivity index (χ1n) is 11.5. The molecule has 4 aliphatic rings. The van der Waals surface area contributed by atoms with E-state index in [4.69, 9.17) is 14.6 Å². The Hall–Kier alpha value is -2.36. The molecule has 0 aromatic carbocycles. The average Bonchev–Trinajstić information content (AvgIpc) is 3.01. The third-order valence-corrected chi connectivity index (χ3v) is 7.34. The average molecular weight is 470 g/mol. The van der Waals surface area contributed by atoms with Gasteiger partial charge < -0.3 is 19.6 Å². The minimum Gasteiger partial charge on any atom is -0.475 e. The topological polar surface area (TPSA) is 83.0 Å². The van der Waals surface area contributed by atoms with Gasteiger partial charge in [0.25, 0.3) is 0 Å². The molecule has 0 radical (unpaired) electrons. The van der Waals surface area contributed by atoms with Gasteiger partial charge in [0.05, 0.1) is 5.41 Å². The normalized spacial score (nSPS) is 25.6. The highest BCUT2D eigenvalue weighted by Gasteiger charge is 2.52. The van der Waals surface area contributed by atoms with E-state index < -0.39 is 12.1 Å². The number of carboxylic acid groups (broad SMARTS) is 1. The molecule has 33 heavy (non-hydrogen) atoms. The van der Waals surface area contributed by atoms with Crippen molar-refractivity contribution in [1.82, 2.24) is 9.88 Å². The Labute approximate surface area is 190 Å². The smallest absolute Gasteiger partial charge is 0.475 e. The number of nitrogens with zero attached hydrogens (tertiary/aromatic N) is 3. The number of anilines is 1. The fourth-order valence-electron chi connectivity index (χ4n) is 5.72. The molecule has 4 fully saturated rings. The second-order valence-electron chi connectivity index (χ2n) is 9.94. The molecule has 4 heterocycles. The number of hydrogen-bond donors (Lipinski definition) is 1. The van der Waals surface area contributed by atoms with E-state index in [1.165, 1.54) is 38.0 Å². The SMILES string of the molecule is O=C(O)C(F)(F)F.O=C1O[C@H](CCN2CC3(C2)CN(c2ccncc2)C3)CC12CCCCC2. The summed E-state index contributed by atoms with van der Waals surface area (Å²) in [7, 11) is 0. The Morgan fingerprint density at radius 1 is 1.12 bits per heavy atom. The Bertz CT molecular complexity index is 844. The summed E-state index contributed by atoms with van der Waals surface area (Å²) in [6, 6.07) is 4.19. The third-order valence-electron chi connectivity index (χ3n) is 7.34. The molecule has 2 spiro atoms. The van der Waals surface area contributed by atoms with Crippen LogP contribution in [-0.2, 0) is 14.3 Å². The van der Waals surface area contributed by atoms with Crippen LogP contribution in [0.3, 0.4) is 0 Å². The van der Waals surface area contributed by atoms with Gasteiger partial charge in [-0.3, -0.25) is 9.78 Å². The first kappa shape index (κ1) is 23.8. The number of carboxylic acids is 1. The van der Waals surface area contributed by atoms with E-state index >= 15 is 0 Å². The molecule has 1 N–H and O–H groups in total. The number of rotatable bonds is 4. The van der Waals surface area contributed by atoms with Crippen LogP contribution < -0.4 is 4.90 Å². The number of likely N-dealkylation sites (tertiary alicyclic amines) is 1. The number of cyclic esters (lactones) is 1. The highest BCUT2D eigenvalue weighted by molar-refractivity contribution is 5.79. The number of esters is 1. The molecular weight excluding hydrogens is 439 g/mol. The van der Waals surface area contributed by atoms with Gasteiger partial charge in [-0.15, -0.1) is 0 Å². The van der Waals surface area contributed by atoms with Crippen LogP contribution in [0, 0.1) is 10.8 Å². The summed E-state index contributed by atoms with van der Waals surface area (Å²) in [5.41, 5.74) is 1.68. The van der Waals surface area contributed by atoms with Gasteiger partial charge in [0.15, 0.2) is 0 Å². The third kappa shape index (κ3) is 5.26. The minimum absolute atomic E-state index is 0.106. The van der Waals surface area contributed by atoms with Gasteiger partial charge in [0.2, 0.25) is 0 Å². The van der Waals surface area contributed by atoms with Crippen molar-refractivity contribution in [2.24, 2.45) is 10.8 Å². The summed E-state index contributed by atoms with van der Waals surface area (Å²) >= 11 is 0. The van der Waals surface area contributed by atoms with Crippen LogP contribution >= 0.6 is 0 Å². The number of carbonyl (C=O) groups excluding carboxylic acids is 1. The second-order valence-corrected chi connectivity index (χ2v) is 9.94. The van der Waals surface area contributed by atoms with Crippen LogP contribution in [0.5, 0.6) is 0 Å². The number of ether oxygens (including phenoxy) is 1.